The topological polar surface area (TPSA) is 88.5 Å². The third-order valence-corrected chi connectivity index (χ3v) is 3.34. The Bertz CT molecular complexity index is 498. The summed E-state index contributed by atoms with van der Waals surface area (Å²) in [6.45, 7) is 2.67. The zero-order valence-electron chi connectivity index (χ0n) is 11.3. The van der Waals surface area contributed by atoms with Crippen LogP contribution in [0.1, 0.15) is 36.5 Å². The van der Waals surface area contributed by atoms with Crippen LogP contribution in [0.15, 0.2) is 18.5 Å². The van der Waals surface area contributed by atoms with E-state index in [1.807, 2.05) is 6.92 Å². The van der Waals surface area contributed by atoms with E-state index in [4.69, 9.17) is 9.84 Å². The SMILES string of the molecule is CCOC1CC(CC(=O)Nc2cncc(C(=O)O)c2)C1. The van der Waals surface area contributed by atoms with Crippen LogP contribution >= 0.6 is 0 Å². The Morgan fingerprint density at radius 3 is 2.85 bits per heavy atom. The highest BCUT2D eigenvalue weighted by atomic mass is 16.5. The van der Waals surface area contributed by atoms with Crippen LogP contribution in [0.2, 0.25) is 0 Å². The molecule has 2 rings (SSSR count). The van der Waals surface area contributed by atoms with Crippen molar-refractivity contribution >= 4 is 17.6 Å². The number of aromatic nitrogens is 1. The number of carbonyl (C=O) groups excluding carboxylic acids is 1. The fraction of sp³-hybridized carbons (Fsp3) is 0.500. The number of nitrogens with one attached hydrogen (secondary N) is 1. The van der Waals surface area contributed by atoms with Gasteiger partial charge in [-0.3, -0.25) is 9.78 Å². The summed E-state index contributed by atoms with van der Waals surface area (Å²) in [4.78, 5) is 26.4. The molecule has 1 amide bonds. The van der Waals surface area contributed by atoms with Gasteiger partial charge in [0, 0.05) is 19.2 Å². The Balaban J connectivity index is 1.80. The molecule has 2 N–H and O–H groups in total. The highest BCUT2D eigenvalue weighted by Gasteiger charge is 2.31. The monoisotopic (exact) mass is 278 g/mol. The molecule has 1 aromatic rings. The van der Waals surface area contributed by atoms with Gasteiger partial charge < -0.3 is 15.2 Å². The summed E-state index contributed by atoms with van der Waals surface area (Å²) < 4.78 is 5.44. The molecule has 20 heavy (non-hydrogen) atoms. The molecule has 1 fully saturated rings. The van der Waals surface area contributed by atoms with Gasteiger partial charge >= 0.3 is 5.97 Å². The van der Waals surface area contributed by atoms with Gasteiger partial charge in [-0.2, -0.15) is 0 Å². The van der Waals surface area contributed by atoms with Crippen LogP contribution in [-0.4, -0.2) is 34.7 Å². The van der Waals surface area contributed by atoms with Crippen molar-refractivity contribution in [1.82, 2.24) is 4.98 Å². The van der Waals surface area contributed by atoms with Crippen molar-refractivity contribution in [2.24, 2.45) is 5.92 Å². The van der Waals surface area contributed by atoms with E-state index in [9.17, 15) is 9.59 Å². The number of carbonyl (C=O) groups is 2. The Labute approximate surface area is 117 Å². The number of hydrogen-bond acceptors (Lipinski definition) is 4. The smallest absolute Gasteiger partial charge is 0.337 e. The maximum atomic E-state index is 11.8. The molecular weight excluding hydrogens is 260 g/mol. The van der Waals surface area contributed by atoms with Gasteiger partial charge in [0.2, 0.25) is 5.91 Å². The minimum absolute atomic E-state index is 0.0582. The minimum atomic E-state index is -1.06. The summed E-state index contributed by atoms with van der Waals surface area (Å²) in [7, 11) is 0. The fourth-order valence-electron chi connectivity index (χ4n) is 2.31. The second-order valence-electron chi connectivity index (χ2n) is 4.93. The van der Waals surface area contributed by atoms with E-state index in [0.29, 0.717) is 24.6 Å². The van der Waals surface area contributed by atoms with Crippen LogP contribution in [0.5, 0.6) is 0 Å². The van der Waals surface area contributed by atoms with Gasteiger partial charge in [0.25, 0.3) is 0 Å². The summed E-state index contributed by atoms with van der Waals surface area (Å²) in [6.07, 6.45) is 5.23. The molecule has 0 saturated heterocycles. The summed E-state index contributed by atoms with van der Waals surface area (Å²) in [5.74, 6) is -0.830. The summed E-state index contributed by atoms with van der Waals surface area (Å²) in [5.41, 5.74) is 0.471. The van der Waals surface area contributed by atoms with E-state index in [2.05, 4.69) is 10.3 Å². The van der Waals surface area contributed by atoms with E-state index in [1.54, 1.807) is 0 Å². The maximum Gasteiger partial charge on any atom is 0.337 e. The molecule has 0 unspecified atom stereocenters. The molecule has 0 atom stereocenters. The van der Waals surface area contributed by atoms with Gasteiger partial charge in [-0.25, -0.2) is 4.79 Å². The normalized spacial score (nSPS) is 21.1. The predicted molar refractivity (Wildman–Crippen MR) is 72.6 cm³/mol. The summed E-state index contributed by atoms with van der Waals surface area (Å²) in [5, 5.41) is 11.5. The van der Waals surface area contributed by atoms with E-state index in [-0.39, 0.29) is 17.6 Å². The largest absolute Gasteiger partial charge is 0.478 e. The number of rotatable bonds is 6. The first kappa shape index (κ1) is 14.5. The second-order valence-corrected chi connectivity index (χ2v) is 4.93. The Kier molecular flexibility index (Phi) is 4.68. The zero-order valence-corrected chi connectivity index (χ0v) is 11.3. The lowest BCUT2D eigenvalue weighted by Gasteiger charge is -2.34. The number of hydrogen-bond donors (Lipinski definition) is 2. The quantitative estimate of drug-likeness (QED) is 0.830. The van der Waals surface area contributed by atoms with Gasteiger partial charge in [0.1, 0.15) is 0 Å². The van der Waals surface area contributed by atoms with Crippen molar-refractivity contribution in [3.05, 3.63) is 24.0 Å². The number of anilines is 1. The Hall–Kier alpha value is -1.95. The number of nitrogens with zero attached hydrogens (tertiary/aromatic N) is 1. The lowest BCUT2D eigenvalue weighted by molar-refractivity contribution is -0.119. The summed E-state index contributed by atoms with van der Waals surface area (Å²) in [6, 6.07) is 1.40. The standard InChI is InChI=1S/C14H18N2O4/c1-2-20-12-3-9(4-12)5-13(17)16-11-6-10(14(18)19)7-15-8-11/h6-9,12H,2-5H2,1H3,(H,16,17)(H,18,19). The van der Waals surface area contributed by atoms with E-state index < -0.39 is 5.97 Å². The highest BCUT2D eigenvalue weighted by Crippen LogP contribution is 2.32. The third-order valence-electron chi connectivity index (χ3n) is 3.34. The van der Waals surface area contributed by atoms with Crippen LogP contribution in [0.3, 0.4) is 0 Å². The average molecular weight is 278 g/mol. The fourth-order valence-corrected chi connectivity index (χ4v) is 2.31. The minimum Gasteiger partial charge on any atom is -0.478 e. The number of amides is 1. The number of pyridine rings is 1. The molecule has 6 heteroatoms. The third kappa shape index (κ3) is 3.77. The molecule has 6 nitrogen and oxygen atoms in total. The van der Waals surface area contributed by atoms with E-state index in [0.717, 1.165) is 12.8 Å². The van der Waals surface area contributed by atoms with Crippen molar-refractivity contribution in [3.8, 4) is 0 Å². The van der Waals surface area contributed by atoms with Crippen LogP contribution in [0.4, 0.5) is 5.69 Å². The molecule has 0 spiro atoms. The van der Waals surface area contributed by atoms with Crippen molar-refractivity contribution in [2.75, 3.05) is 11.9 Å². The molecule has 1 aliphatic carbocycles. The molecule has 1 saturated carbocycles. The number of carboxylic acids is 1. The predicted octanol–water partition coefficient (Wildman–Crippen LogP) is 1.92. The van der Waals surface area contributed by atoms with Gasteiger partial charge in [-0.05, 0) is 31.7 Å². The lowest BCUT2D eigenvalue weighted by atomic mass is 9.80. The van der Waals surface area contributed by atoms with E-state index in [1.165, 1.54) is 18.5 Å². The lowest BCUT2D eigenvalue weighted by Crippen LogP contribution is -2.33. The van der Waals surface area contributed by atoms with Gasteiger partial charge in [-0.1, -0.05) is 0 Å². The molecular formula is C14H18N2O4. The van der Waals surface area contributed by atoms with Gasteiger partial charge in [0.05, 0.1) is 23.6 Å². The number of ether oxygens (including phenoxy) is 1. The van der Waals surface area contributed by atoms with Crippen LogP contribution < -0.4 is 5.32 Å². The van der Waals surface area contributed by atoms with Gasteiger partial charge in [0.15, 0.2) is 0 Å². The van der Waals surface area contributed by atoms with Crippen LogP contribution in [0, 0.1) is 5.92 Å². The molecule has 0 radical (unpaired) electrons. The first-order valence-corrected chi connectivity index (χ1v) is 6.68. The molecule has 108 valence electrons. The second kappa shape index (κ2) is 6.47. The molecule has 0 aliphatic heterocycles. The zero-order chi connectivity index (χ0) is 14.5. The first-order chi connectivity index (χ1) is 9.58. The average Bonchev–Trinajstić information content (AvgIpc) is 2.36. The van der Waals surface area contributed by atoms with Crippen molar-refractivity contribution in [3.63, 3.8) is 0 Å². The van der Waals surface area contributed by atoms with Crippen molar-refractivity contribution in [2.45, 2.75) is 32.3 Å². The Morgan fingerprint density at radius 1 is 1.45 bits per heavy atom. The number of carboxylic acid groups (broad SMARTS) is 1. The van der Waals surface area contributed by atoms with Crippen LogP contribution in [0.25, 0.3) is 0 Å². The highest BCUT2D eigenvalue weighted by molar-refractivity contribution is 5.93. The molecule has 0 bridgehead atoms. The Morgan fingerprint density at radius 2 is 2.20 bits per heavy atom. The summed E-state index contributed by atoms with van der Waals surface area (Å²) >= 11 is 0. The molecule has 1 aromatic heterocycles. The van der Waals surface area contributed by atoms with Crippen LogP contribution in [-0.2, 0) is 9.53 Å². The van der Waals surface area contributed by atoms with Crippen molar-refractivity contribution < 1.29 is 19.4 Å². The molecule has 0 aromatic carbocycles. The van der Waals surface area contributed by atoms with Gasteiger partial charge in [-0.15, -0.1) is 0 Å². The number of aromatic carboxylic acids is 1. The first-order valence-electron chi connectivity index (χ1n) is 6.68. The van der Waals surface area contributed by atoms with Crippen molar-refractivity contribution in [1.29, 1.82) is 0 Å². The molecule has 1 aliphatic rings. The van der Waals surface area contributed by atoms with E-state index >= 15 is 0 Å². The molecule has 1 heterocycles. The maximum absolute atomic E-state index is 11.8.